The van der Waals surface area contributed by atoms with Gasteiger partial charge >= 0.3 is 0 Å². The van der Waals surface area contributed by atoms with Crippen LogP contribution in [0.2, 0.25) is 0 Å². The Balaban J connectivity index is 1.17. The van der Waals surface area contributed by atoms with Crippen LogP contribution in [-0.4, -0.2) is 10.1 Å². The summed E-state index contributed by atoms with van der Waals surface area (Å²) in [6.45, 7) is 0. The molecular weight excluding hydrogens is 677 g/mol. The van der Waals surface area contributed by atoms with E-state index in [2.05, 4.69) is 180 Å². The normalized spacial score (nSPS) is 15.6. The predicted molar refractivity (Wildman–Crippen MR) is 237 cm³/mol. The van der Waals surface area contributed by atoms with Gasteiger partial charge in [-0.05, 0) is 111 Å². The molecule has 0 bridgehead atoms. The van der Waals surface area contributed by atoms with Gasteiger partial charge < -0.3 is 4.40 Å². The summed E-state index contributed by atoms with van der Waals surface area (Å²) in [6, 6.07) is 63.1. The lowest BCUT2D eigenvalue weighted by atomic mass is 9.78. The Kier molecular flexibility index (Phi) is 6.98. The molecule has 0 amide bonds. The summed E-state index contributed by atoms with van der Waals surface area (Å²) < 4.78 is 2.54. The van der Waals surface area contributed by atoms with Crippen LogP contribution in [-0.2, 0) is 6.42 Å². The fourth-order valence-corrected chi connectivity index (χ4v) is 10.2. The zero-order valence-corrected chi connectivity index (χ0v) is 31.0. The molecule has 56 heavy (non-hydrogen) atoms. The van der Waals surface area contributed by atoms with Crippen LogP contribution in [0.5, 0.6) is 0 Å². The van der Waals surface area contributed by atoms with Crippen LogP contribution in [0.25, 0.3) is 76.7 Å². The van der Waals surface area contributed by atoms with Crippen LogP contribution in [0.3, 0.4) is 0 Å². The second-order valence-corrected chi connectivity index (χ2v) is 15.6. The fourth-order valence-electron chi connectivity index (χ4n) is 10.2. The second-order valence-electron chi connectivity index (χ2n) is 15.6. The summed E-state index contributed by atoms with van der Waals surface area (Å²) in [6.07, 6.45) is 6.42. The van der Waals surface area contributed by atoms with Gasteiger partial charge in [0, 0.05) is 38.7 Å². The van der Waals surface area contributed by atoms with Crippen LogP contribution >= 0.6 is 0 Å². The van der Waals surface area contributed by atoms with Crippen LogP contribution in [0.1, 0.15) is 47.4 Å². The third-order valence-electron chi connectivity index (χ3n) is 12.7. The van der Waals surface area contributed by atoms with E-state index in [4.69, 9.17) is 4.99 Å². The highest BCUT2D eigenvalue weighted by molar-refractivity contribution is 6.26. The van der Waals surface area contributed by atoms with Crippen molar-refractivity contribution < 1.29 is 0 Å². The summed E-state index contributed by atoms with van der Waals surface area (Å²) in [4.78, 5) is 5.44. The Morgan fingerprint density at radius 3 is 2.11 bits per heavy atom. The van der Waals surface area contributed by atoms with Crippen LogP contribution in [0.4, 0.5) is 5.69 Å². The molecule has 0 saturated heterocycles. The molecular formula is C54H38N2. The zero-order valence-electron chi connectivity index (χ0n) is 31.0. The number of allylic oxidation sites excluding steroid dienone is 2. The lowest BCUT2D eigenvalue weighted by Crippen LogP contribution is -2.08. The van der Waals surface area contributed by atoms with E-state index in [0.29, 0.717) is 0 Å². The predicted octanol–water partition coefficient (Wildman–Crippen LogP) is 14.4. The van der Waals surface area contributed by atoms with Gasteiger partial charge in [-0.2, -0.15) is 0 Å². The Labute approximate surface area is 326 Å². The van der Waals surface area contributed by atoms with E-state index in [9.17, 15) is 0 Å². The highest BCUT2D eigenvalue weighted by atomic mass is 14.9. The maximum absolute atomic E-state index is 5.44. The number of rotatable bonds is 3. The summed E-state index contributed by atoms with van der Waals surface area (Å²) in [5.41, 5.74) is 18.1. The number of nitrogens with zero attached hydrogens (tertiary/aromatic N) is 2. The second kappa shape index (κ2) is 12.4. The highest BCUT2D eigenvalue weighted by Gasteiger charge is 2.33. The van der Waals surface area contributed by atoms with Crippen molar-refractivity contribution in [3.8, 4) is 22.3 Å². The van der Waals surface area contributed by atoms with Gasteiger partial charge in [0.15, 0.2) is 0 Å². The number of aromatic nitrogens is 1. The first-order valence-electron chi connectivity index (χ1n) is 20.0. The molecule has 10 aromatic rings. The fraction of sp³-hybridized carbons (Fsp3) is 0.0926. The third-order valence-corrected chi connectivity index (χ3v) is 12.7. The molecule has 2 aliphatic rings. The van der Waals surface area contributed by atoms with E-state index in [1.807, 2.05) is 0 Å². The quantitative estimate of drug-likeness (QED) is 0.173. The molecule has 0 spiro atoms. The van der Waals surface area contributed by atoms with Crippen molar-refractivity contribution in [3.63, 3.8) is 0 Å². The van der Waals surface area contributed by atoms with E-state index < -0.39 is 0 Å². The lowest BCUT2D eigenvalue weighted by Gasteiger charge is -2.26. The van der Waals surface area contributed by atoms with Crippen molar-refractivity contribution >= 4 is 65.8 Å². The van der Waals surface area contributed by atoms with Gasteiger partial charge in [-0.25, -0.2) is 0 Å². The summed E-state index contributed by atoms with van der Waals surface area (Å²) in [7, 11) is 0. The molecule has 2 heteroatoms. The van der Waals surface area contributed by atoms with Gasteiger partial charge in [0.2, 0.25) is 0 Å². The lowest BCUT2D eigenvalue weighted by molar-refractivity contribution is 0.763. The Morgan fingerprint density at radius 1 is 0.500 bits per heavy atom. The molecule has 1 aliphatic carbocycles. The number of benzene rings is 8. The Hall–Kier alpha value is -6.77. The van der Waals surface area contributed by atoms with E-state index in [-0.39, 0.29) is 5.92 Å². The minimum absolute atomic E-state index is 0.171. The molecule has 1 aliphatic heterocycles. The van der Waals surface area contributed by atoms with E-state index >= 15 is 0 Å². The molecule has 2 aromatic heterocycles. The van der Waals surface area contributed by atoms with Crippen molar-refractivity contribution in [3.05, 3.63) is 198 Å². The third kappa shape index (κ3) is 4.66. The first kappa shape index (κ1) is 31.6. The van der Waals surface area contributed by atoms with Crippen LogP contribution < -0.4 is 0 Å². The summed E-state index contributed by atoms with van der Waals surface area (Å²) >= 11 is 0. The van der Waals surface area contributed by atoms with Crippen molar-refractivity contribution in [1.29, 1.82) is 0 Å². The van der Waals surface area contributed by atoms with E-state index in [1.165, 1.54) is 98.9 Å². The molecule has 0 fully saturated rings. The molecule has 0 radical (unpaired) electrons. The van der Waals surface area contributed by atoms with Crippen molar-refractivity contribution in [2.75, 3.05) is 0 Å². The van der Waals surface area contributed by atoms with E-state index in [0.717, 1.165) is 37.1 Å². The van der Waals surface area contributed by atoms with Gasteiger partial charge in [-0.3, -0.25) is 4.99 Å². The topological polar surface area (TPSA) is 16.8 Å². The minimum atomic E-state index is 0.171. The average molecular weight is 715 g/mol. The van der Waals surface area contributed by atoms with Gasteiger partial charge in [-0.15, -0.1) is 0 Å². The molecule has 8 aromatic carbocycles. The van der Waals surface area contributed by atoms with E-state index in [1.54, 1.807) is 0 Å². The molecule has 264 valence electrons. The molecule has 2 nitrogen and oxygen atoms in total. The van der Waals surface area contributed by atoms with Gasteiger partial charge in [0.25, 0.3) is 0 Å². The Morgan fingerprint density at radius 2 is 1.21 bits per heavy atom. The number of para-hydroxylation sites is 3. The molecule has 1 unspecified atom stereocenters. The maximum Gasteiger partial charge on any atom is 0.0708 e. The number of hydrogen-bond donors (Lipinski definition) is 0. The maximum atomic E-state index is 5.44. The van der Waals surface area contributed by atoms with Crippen molar-refractivity contribution in [2.24, 2.45) is 4.99 Å². The zero-order chi connectivity index (χ0) is 36.7. The molecule has 0 N–H and O–H groups in total. The first-order valence-corrected chi connectivity index (χ1v) is 20.0. The Bertz CT molecular complexity index is 3240. The number of aliphatic imine (C=N–C) groups is 1. The van der Waals surface area contributed by atoms with Crippen LogP contribution in [0, 0.1) is 0 Å². The molecule has 12 rings (SSSR count). The van der Waals surface area contributed by atoms with Gasteiger partial charge in [-0.1, -0.05) is 146 Å². The number of fused-ring (bicyclic) bond motifs is 12. The minimum Gasteiger partial charge on any atom is -0.308 e. The van der Waals surface area contributed by atoms with Gasteiger partial charge in [0.05, 0.1) is 22.2 Å². The highest BCUT2D eigenvalue weighted by Crippen LogP contribution is 2.54. The van der Waals surface area contributed by atoms with Gasteiger partial charge in [0.1, 0.15) is 0 Å². The molecule has 1 atom stereocenters. The molecule has 0 saturated carbocycles. The monoisotopic (exact) mass is 714 g/mol. The molecule has 3 heterocycles. The summed E-state index contributed by atoms with van der Waals surface area (Å²) in [5.74, 6) is 0.171. The van der Waals surface area contributed by atoms with Crippen molar-refractivity contribution in [1.82, 2.24) is 4.40 Å². The van der Waals surface area contributed by atoms with Crippen molar-refractivity contribution in [2.45, 2.75) is 31.6 Å². The SMILES string of the molecule is C1=C(C2CCc3ccc(-c4cccc5ccccc45)cc3-c3cc4c5ccccc5n5c6ccccc6c(c32)c45)c2ccccc2N=C(c2ccccc2)CC1. The van der Waals surface area contributed by atoms with Crippen LogP contribution in [0.15, 0.2) is 181 Å². The standard InChI is InChI=1S/C54H38N2/c1-2-15-36(16-3-1)48-25-13-23-40(41-19-6-9-24-49(41)55-48)43-31-30-35-28-29-37(39-22-12-17-34-14-4-5-18-38(34)39)32-45(35)46-33-47-42-20-7-10-26-50(42)56-51-27-11-8-21-44(51)53(52(43)46)54(47)56/h1-12,14-24,26-29,32-33,43H,13,25,30-31H2. The average Bonchev–Trinajstić information content (AvgIpc) is 3.71. The number of hydrogen-bond acceptors (Lipinski definition) is 1. The number of aryl methyl sites for hydroxylation is 1. The first-order chi connectivity index (χ1) is 27.8. The summed E-state index contributed by atoms with van der Waals surface area (Å²) in [5, 5.41) is 7.93. The largest absolute Gasteiger partial charge is 0.308 e. The smallest absolute Gasteiger partial charge is 0.0708 e.